The summed E-state index contributed by atoms with van der Waals surface area (Å²) in [4.78, 5) is 25.2. The summed E-state index contributed by atoms with van der Waals surface area (Å²) in [5, 5.41) is 5.57. The third-order valence-corrected chi connectivity index (χ3v) is 6.22. The molecule has 7 nitrogen and oxygen atoms in total. The molecule has 0 spiro atoms. The van der Waals surface area contributed by atoms with E-state index in [-0.39, 0.29) is 31.2 Å². The van der Waals surface area contributed by atoms with E-state index < -0.39 is 15.8 Å². The van der Waals surface area contributed by atoms with Crippen LogP contribution in [-0.4, -0.2) is 33.0 Å². The minimum atomic E-state index is -3.61. The molecule has 0 heterocycles. The molecule has 34 heavy (non-hydrogen) atoms. The SMILES string of the molecule is CS(=O)(=O)N(CCCC(=O)Nc1ccccc1C(=O)NCc1ccccc1)c1ccc(F)cc1. The van der Waals surface area contributed by atoms with Crippen LogP contribution in [0, 0.1) is 5.82 Å². The van der Waals surface area contributed by atoms with Crippen LogP contribution in [0.25, 0.3) is 0 Å². The van der Waals surface area contributed by atoms with Crippen LogP contribution in [0.5, 0.6) is 0 Å². The molecule has 0 aliphatic rings. The second kappa shape index (κ2) is 11.4. The van der Waals surface area contributed by atoms with E-state index in [1.807, 2.05) is 30.3 Å². The second-order valence-corrected chi connectivity index (χ2v) is 9.58. The van der Waals surface area contributed by atoms with Crippen molar-refractivity contribution < 1.29 is 22.4 Å². The van der Waals surface area contributed by atoms with Crippen LogP contribution in [0.1, 0.15) is 28.8 Å². The summed E-state index contributed by atoms with van der Waals surface area (Å²) in [6.45, 7) is 0.407. The van der Waals surface area contributed by atoms with Crippen LogP contribution < -0.4 is 14.9 Å². The molecule has 3 aromatic carbocycles. The Bertz CT molecular complexity index is 1230. The normalized spacial score (nSPS) is 11.0. The number of benzene rings is 3. The van der Waals surface area contributed by atoms with Crippen molar-refractivity contribution in [1.82, 2.24) is 5.32 Å². The number of carbonyl (C=O) groups is 2. The van der Waals surface area contributed by atoms with E-state index in [2.05, 4.69) is 10.6 Å². The highest BCUT2D eigenvalue weighted by Crippen LogP contribution is 2.20. The lowest BCUT2D eigenvalue weighted by atomic mass is 10.1. The molecule has 2 N–H and O–H groups in total. The predicted molar refractivity (Wildman–Crippen MR) is 131 cm³/mol. The monoisotopic (exact) mass is 483 g/mol. The topological polar surface area (TPSA) is 95.6 Å². The van der Waals surface area contributed by atoms with E-state index in [1.54, 1.807) is 24.3 Å². The van der Waals surface area contributed by atoms with Gasteiger partial charge in [-0.25, -0.2) is 12.8 Å². The van der Waals surface area contributed by atoms with E-state index in [9.17, 15) is 22.4 Å². The summed E-state index contributed by atoms with van der Waals surface area (Å²) in [6, 6.07) is 21.3. The Balaban J connectivity index is 1.58. The van der Waals surface area contributed by atoms with E-state index in [0.29, 0.717) is 23.5 Å². The van der Waals surface area contributed by atoms with Gasteiger partial charge in [0.05, 0.1) is 23.2 Å². The van der Waals surface area contributed by atoms with Crippen molar-refractivity contribution >= 4 is 33.2 Å². The second-order valence-electron chi connectivity index (χ2n) is 7.68. The van der Waals surface area contributed by atoms with Crippen molar-refractivity contribution in [2.75, 3.05) is 22.4 Å². The molecule has 9 heteroatoms. The summed E-state index contributed by atoms with van der Waals surface area (Å²) >= 11 is 0. The fourth-order valence-electron chi connectivity index (χ4n) is 3.35. The smallest absolute Gasteiger partial charge is 0.253 e. The lowest BCUT2D eigenvalue weighted by Crippen LogP contribution is -2.31. The number of nitrogens with zero attached hydrogens (tertiary/aromatic N) is 1. The number of para-hydroxylation sites is 1. The van der Waals surface area contributed by atoms with Gasteiger partial charge in [0.1, 0.15) is 5.82 Å². The molecule has 0 radical (unpaired) electrons. The van der Waals surface area contributed by atoms with Gasteiger partial charge in [-0.1, -0.05) is 42.5 Å². The Morgan fingerprint density at radius 1 is 0.912 bits per heavy atom. The Morgan fingerprint density at radius 2 is 1.56 bits per heavy atom. The van der Waals surface area contributed by atoms with Crippen molar-refractivity contribution in [3.05, 3.63) is 95.8 Å². The first-order valence-corrected chi connectivity index (χ1v) is 12.5. The lowest BCUT2D eigenvalue weighted by molar-refractivity contribution is -0.116. The standard InChI is InChI=1S/C25H26FN3O4S/c1-34(32,33)29(21-15-13-20(26)14-16-21)17-7-12-24(30)28-23-11-6-5-10-22(23)25(31)27-18-19-8-3-2-4-9-19/h2-6,8-11,13-16H,7,12,17-18H2,1H3,(H,27,31)(H,28,30). The Hall–Kier alpha value is -3.72. The lowest BCUT2D eigenvalue weighted by Gasteiger charge is -2.22. The Labute approximate surface area is 198 Å². The van der Waals surface area contributed by atoms with Gasteiger partial charge in [-0.2, -0.15) is 0 Å². The third-order valence-electron chi connectivity index (χ3n) is 5.02. The van der Waals surface area contributed by atoms with Crippen LogP contribution in [0.3, 0.4) is 0 Å². The Kier molecular flexibility index (Phi) is 8.37. The summed E-state index contributed by atoms with van der Waals surface area (Å²) in [5.74, 6) is -1.14. The molecular weight excluding hydrogens is 457 g/mol. The number of carbonyl (C=O) groups excluding carboxylic acids is 2. The fourth-order valence-corrected chi connectivity index (χ4v) is 4.32. The highest BCUT2D eigenvalue weighted by atomic mass is 32.2. The summed E-state index contributed by atoms with van der Waals surface area (Å²) in [7, 11) is -3.61. The molecule has 0 aromatic heterocycles. The number of hydrogen-bond acceptors (Lipinski definition) is 4. The first-order chi connectivity index (χ1) is 16.2. The van der Waals surface area contributed by atoms with Crippen LogP contribution in [0.4, 0.5) is 15.8 Å². The minimum Gasteiger partial charge on any atom is -0.348 e. The van der Waals surface area contributed by atoms with Crippen molar-refractivity contribution in [1.29, 1.82) is 0 Å². The zero-order valence-electron chi connectivity index (χ0n) is 18.7. The highest BCUT2D eigenvalue weighted by molar-refractivity contribution is 7.92. The summed E-state index contributed by atoms with van der Waals surface area (Å²) < 4.78 is 38.6. The number of halogens is 1. The summed E-state index contributed by atoms with van der Waals surface area (Å²) in [6.07, 6.45) is 1.33. The first-order valence-electron chi connectivity index (χ1n) is 10.7. The molecule has 0 atom stereocenters. The van der Waals surface area contributed by atoms with E-state index in [1.165, 1.54) is 24.3 Å². The van der Waals surface area contributed by atoms with Gasteiger partial charge in [0.15, 0.2) is 0 Å². The van der Waals surface area contributed by atoms with Gasteiger partial charge in [-0.05, 0) is 48.4 Å². The van der Waals surface area contributed by atoms with Crippen LogP contribution in [0.15, 0.2) is 78.9 Å². The van der Waals surface area contributed by atoms with Crippen molar-refractivity contribution in [3.8, 4) is 0 Å². The predicted octanol–water partition coefficient (Wildman–Crippen LogP) is 3.94. The molecule has 0 unspecified atom stereocenters. The van der Waals surface area contributed by atoms with Gasteiger partial charge in [0.2, 0.25) is 15.9 Å². The zero-order valence-corrected chi connectivity index (χ0v) is 19.5. The molecule has 0 fully saturated rings. The molecule has 3 aromatic rings. The van der Waals surface area contributed by atoms with E-state index in [4.69, 9.17) is 0 Å². The summed E-state index contributed by atoms with van der Waals surface area (Å²) in [5.41, 5.74) is 1.98. The van der Waals surface area contributed by atoms with Gasteiger partial charge in [0.25, 0.3) is 5.91 Å². The van der Waals surface area contributed by atoms with Gasteiger partial charge < -0.3 is 10.6 Å². The third kappa shape index (κ3) is 7.14. The average molecular weight is 484 g/mol. The number of amides is 2. The van der Waals surface area contributed by atoms with E-state index in [0.717, 1.165) is 16.1 Å². The number of sulfonamides is 1. The first kappa shape index (κ1) is 24.9. The molecule has 0 saturated carbocycles. The largest absolute Gasteiger partial charge is 0.348 e. The number of hydrogen-bond donors (Lipinski definition) is 2. The van der Waals surface area contributed by atoms with Crippen LogP contribution in [-0.2, 0) is 21.4 Å². The number of anilines is 2. The number of rotatable bonds is 10. The quantitative estimate of drug-likeness (QED) is 0.457. The molecule has 2 amide bonds. The molecule has 3 rings (SSSR count). The van der Waals surface area contributed by atoms with Gasteiger partial charge in [0, 0.05) is 19.5 Å². The zero-order chi connectivity index (χ0) is 24.6. The van der Waals surface area contributed by atoms with Crippen molar-refractivity contribution in [2.24, 2.45) is 0 Å². The maximum atomic E-state index is 13.2. The van der Waals surface area contributed by atoms with Gasteiger partial charge in [-0.15, -0.1) is 0 Å². The minimum absolute atomic E-state index is 0.0349. The van der Waals surface area contributed by atoms with E-state index >= 15 is 0 Å². The molecule has 0 aliphatic carbocycles. The van der Waals surface area contributed by atoms with Crippen LogP contribution >= 0.6 is 0 Å². The van der Waals surface area contributed by atoms with Crippen molar-refractivity contribution in [3.63, 3.8) is 0 Å². The van der Waals surface area contributed by atoms with Crippen molar-refractivity contribution in [2.45, 2.75) is 19.4 Å². The maximum absolute atomic E-state index is 13.2. The molecule has 0 bridgehead atoms. The fraction of sp³-hybridized carbons (Fsp3) is 0.200. The average Bonchev–Trinajstić information content (AvgIpc) is 2.81. The van der Waals surface area contributed by atoms with Gasteiger partial charge in [-0.3, -0.25) is 13.9 Å². The van der Waals surface area contributed by atoms with Crippen LogP contribution in [0.2, 0.25) is 0 Å². The Morgan fingerprint density at radius 3 is 2.24 bits per heavy atom. The molecule has 0 aliphatic heterocycles. The number of nitrogens with one attached hydrogen (secondary N) is 2. The molecule has 0 saturated heterocycles. The van der Waals surface area contributed by atoms with Gasteiger partial charge >= 0.3 is 0 Å². The molecular formula is C25H26FN3O4S. The maximum Gasteiger partial charge on any atom is 0.253 e. The highest BCUT2D eigenvalue weighted by Gasteiger charge is 2.18. The molecule has 178 valence electrons.